The van der Waals surface area contributed by atoms with Gasteiger partial charge in [-0.25, -0.2) is 0 Å². The molecule has 0 atom stereocenters. The number of pyridine rings is 1. The fraction of sp³-hybridized carbons (Fsp3) is 0.125. The van der Waals surface area contributed by atoms with Crippen molar-refractivity contribution in [2.24, 2.45) is 0 Å². The van der Waals surface area contributed by atoms with Gasteiger partial charge in [-0.15, -0.1) is 0 Å². The third-order valence-corrected chi connectivity index (χ3v) is 0.820. The molecule has 0 bridgehead atoms. The quantitative estimate of drug-likeness (QED) is 0.633. The van der Waals surface area contributed by atoms with Crippen LogP contribution in [0, 0.1) is 0 Å². The monoisotopic (exact) mass is 167 g/mol. The van der Waals surface area contributed by atoms with Crippen molar-refractivity contribution in [1.82, 2.24) is 4.98 Å². The van der Waals surface area contributed by atoms with Crippen molar-refractivity contribution in [3.05, 3.63) is 30.1 Å². The zero-order valence-corrected chi connectivity index (χ0v) is 6.60. The number of aromatic nitrogens is 1. The van der Waals surface area contributed by atoms with Crippen molar-refractivity contribution < 1.29 is 14.7 Å². The summed E-state index contributed by atoms with van der Waals surface area (Å²) in [5.74, 6) is -0.833. The molecule has 1 aromatic heterocycles. The second-order valence-corrected chi connectivity index (χ2v) is 1.92. The number of carboxylic acid groups (broad SMARTS) is 1. The number of aldehydes is 1. The fourth-order valence-corrected chi connectivity index (χ4v) is 0.446. The number of hydrogen-bond acceptors (Lipinski definition) is 3. The first-order chi connectivity index (χ1) is 5.66. The Morgan fingerprint density at radius 1 is 1.67 bits per heavy atom. The van der Waals surface area contributed by atoms with Gasteiger partial charge in [0.15, 0.2) is 6.29 Å². The SMILES string of the molecule is CC(=O)O.O=Cc1cccnc1. The summed E-state index contributed by atoms with van der Waals surface area (Å²) < 4.78 is 0. The molecule has 1 aromatic rings. The topological polar surface area (TPSA) is 67.3 Å². The van der Waals surface area contributed by atoms with Crippen LogP contribution in [0.4, 0.5) is 0 Å². The van der Waals surface area contributed by atoms with E-state index >= 15 is 0 Å². The van der Waals surface area contributed by atoms with E-state index in [2.05, 4.69) is 4.98 Å². The molecule has 0 aliphatic heterocycles. The average molecular weight is 167 g/mol. The number of carbonyl (C=O) groups excluding carboxylic acids is 1. The van der Waals surface area contributed by atoms with Crippen LogP contribution in [0.1, 0.15) is 17.3 Å². The Labute approximate surface area is 69.9 Å². The van der Waals surface area contributed by atoms with Crippen molar-refractivity contribution >= 4 is 12.3 Å². The lowest BCUT2D eigenvalue weighted by atomic mass is 10.3. The van der Waals surface area contributed by atoms with Gasteiger partial charge in [0.1, 0.15) is 0 Å². The maximum atomic E-state index is 9.97. The highest BCUT2D eigenvalue weighted by molar-refractivity contribution is 5.73. The molecule has 1 rings (SSSR count). The molecule has 12 heavy (non-hydrogen) atoms. The first kappa shape index (κ1) is 10.3. The first-order valence-electron chi connectivity index (χ1n) is 3.21. The predicted molar refractivity (Wildman–Crippen MR) is 42.9 cm³/mol. The summed E-state index contributed by atoms with van der Waals surface area (Å²) in [6, 6.07) is 3.43. The van der Waals surface area contributed by atoms with Crippen LogP contribution in [-0.2, 0) is 4.79 Å². The van der Waals surface area contributed by atoms with E-state index in [0.717, 1.165) is 13.2 Å². The first-order valence-corrected chi connectivity index (χ1v) is 3.21. The summed E-state index contributed by atoms with van der Waals surface area (Å²) in [4.78, 5) is 22.7. The van der Waals surface area contributed by atoms with Gasteiger partial charge < -0.3 is 5.11 Å². The van der Waals surface area contributed by atoms with Gasteiger partial charge in [0.05, 0.1) is 0 Å². The van der Waals surface area contributed by atoms with E-state index in [1.807, 2.05) is 0 Å². The van der Waals surface area contributed by atoms with Gasteiger partial charge in [-0.1, -0.05) is 0 Å². The van der Waals surface area contributed by atoms with E-state index in [1.54, 1.807) is 18.3 Å². The van der Waals surface area contributed by atoms with E-state index in [0.29, 0.717) is 5.56 Å². The molecular formula is C8H9NO3. The van der Waals surface area contributed by atoms with Gasteiger partial charge in [-0.2, -0.15) is 0 Å². The van der Waals surface area contributed by atoms with Gasteiger partial charge in [-0.3, -0.25) is 14.6 Å². The van der Waals surface area contributed by atoms with Crippen LogP contribution in [0.2, 0.25) is 0 Å². The summed E-state index contributed by atoms with van der Waals surface area (Å²) in [6.45, 7) is 1.08. The second-order valence-electron chi connectivity index (χ2n) is 1.92. The lowest BCUT2D eigenvalue weighted by molar-refractivity contribution is -0.134. The number of carbonyl (C=O) groups is 2. The van der Waals surface area contributed by atoms with E-state index in [4.69, 9.17) is 9.90 Å². The number of rotatable bonds is 1. The van der Waals surface area contributed by atoms with Gasteiger partial charge in [0.2, 0.25) is 0 Å². The summed E-state index contributed by atoms with van der Waals surface area (Å²) in [6.07, 6.45) is 3.92. The summed E-state index contributed by atoms with van der Waals surface area (Å²) in [5, 5.41) is 7.42. The van der Waals surface area contributed by atoms with Gasteiger partial charge in [0, 0.05) is 24.9 Å². The third kappa shape index (κ3) is 6.41. The Bertz CT molecular complexity index is 242. The standard InChI is InChI=1S/C6H5NO.C2H4O2/c8-5-6-2-1-3-7-4-6;1-2(3)4/h1-5H;1H3,(H,3,4). The lowest BCUT2D eigenvalue weighted by Crippen LogP contribution is -1.78. The number of nitrogens with zero attached hydrogens (tertiary/aromatic N) is 1. The van der Waals surface area contributed by atoms with Crippen molar-refractivity contribution in [3.8, 4) is 0 Å². The van der Waals surface area contributed by atoms with Crippen molar-refractivity contribution in [3.63, 3.8) is 0 Å². The van der Waals surface area contributed by atoms with E-state index in [-0.39, 0.29) is 0 Å². The Balaban J connectivity index is 0.000000261. The molecule has 4 heteroatoms. The van der Waals surface area contributed by atoms with E-state index in [1.165, 1.54) is 6.20 Å². The van der Waals surface area contributed by atoms with Crippen LogP contribution >= 0.6 is 0 Å². The van der Waals surface area contributed by atoms with Gasteiger partial charge in [0.25, 0.3) is 5.97 Å². The highest BCUT2D eigenvalue weighted by Crippen LogP contribution is 1.87. The highest BCUT2D eigenvalue weighted by atomic mass is 16.4. The predicted octanol–water partition coefficient (Wildman–Crippen LogP) is 0.985. The van der Waals surface area contributed by atoms with Crippen LogP contribution in [-0.4, -0.2) is 22.3 Å². The minimum absolute atomic E-state index is 0.618. The zero-order chi connectivity index (χ0) is 9.40. The molecule has 0 aliphatic carbocycles. The molecule has 0 unspecified atom stereocenters. The van der Waals surface area contributed by atoms with E-state index < -0.39 is 5.97 Å². The minimum Gasteiger partial charge on any atom is -0.481 e. The normalized spacial score (nSPS) is 7.75. The molecule has 0 radical (unpaired) electrons. The van der Waals surface area contributed by atoms with Gasteiger partial charge in [-0.05, 0) is 12.1 Å². The van der Waals surface area contributed by atoms with Crippen LogP contribution in [0.15, 0.2) is 24.5 Å². The summed E-state index contributed by atoms with van der Waals surface area (Å²) in [5.41, 5.74) is 0.618. The van der Waals surface area contributed by atoms with Gasteiger partial charge >= 0.3 is 0 Å². The van der Waals surface area contributed by atoms with Crippen LogP contribution in [0.3, 0.4) is 0 Å². The summed E-state index contributed by atoms with van der Waals surface area (Å²) >= 11 is 0. The number of carboxylic acids is 1. The molecule has 64 valence electrons. The zero-order valence-electron chi connectivity index (χ0n) is 6.60. The summed E-state index contributed by atoms with van der Waals surface area (Å²) in [7, 11) is 0. The maximum Gasteiger partial charge on any atom is 0.300 e. The molecule has 0 saturated heterocycles. The minimum atomic E-state index is -0.833. The Morgan fingerprint density at radius 3 is 2.50 bits per heavy atom. The maximum absolute atomic E-state index is 9.97. The Kier molecular flexibility index (Phi) is 5.17. The molecule has 0 aromatic carbocycles. The number of aliphatic carboxylic acids is 1. The van der Waals surface area contributed by atoms with Crippen molar-refractivity contribution in [2.75, 3.05) is 0 Å². The fourth-order valence-electron chi connectivity index (χ4n) is 0.446. The number of hydrogen-bond donors (Lipinski definition) is 1. The van der Waals surface area contributed by atoms with E-state index in [9.17, 15) is 4.79 Å². The average Bonchev–Trinajstić information content (AvgIpc) is 2.05. The molecular weight excluding hydrogens is 158 g/mol. The Morgan fingerprint density at radius 2 is 2.25 bits per heavy atom. The highest BCUT2D eigenvalue weighted by Gasteiger charge is 1.81. The largest absolute Gasteiger partial charge is 0.481 e. The molecule has 0 spiro atoms. The second kappa shape index (κ2) is 6.03. The van der Waals surface area contributed by atoms with Crippen molar-refractivity contribution in [1.29, 1.82) is 0 Å². The molecule has 0 fully saturated rings. The molecule has 0 saturated carbocycles. The Hall–Kier alpha value is -1.71. The molecule has 0 aliphatic rings. The van der Waals surface area contributed by atoms with Crippen LogP contribution in [0.25, 0.3) is 0 Å². The van der Waals surface area contributed by atoms with Crippen LogP contribution in [0.5, 0.6) is 0 Å². The molecule has 0 amide bonds. The van der Waals surface area contributed by atoms with Crippen LogP contribution < -0.4 is 0 Å². The molecule has 1 N–H and O–H groups in total. The smallest absolute Gasteiger partial charge is 0.300 e. The van der Waals surface area contributed by atoms with Crippen molar-refractivity contribution in [2.45, 2.75) is 6.92 Å². The molecule has 1 heterocycles. The lowest BCUT2D eigenvalue weighted by Gasteiger charge is -1.81. The molecule has 4 nitrogen and oxygen atoms in total. The third-order valence-electron chi connectivity index (χ3n) is 0.820.